The lowest BCUT2D eigenvalue weighted by molar-refractivity contribution is -0.120. The first-order valence-electron chi connectivity index (χ1n) is 10.7. The number of rotatable bonds is 6. The second kappa shape index (κ2) is 10.00. The molecule has 1 aliphatic rings. The Morgan fingerprint density at radius 1 is 1.09 bits per heavy atom. The van der Waals surface area contributed by atoms with Crippen LogP contribution in [0.3, 0.4) is 0 Å². The van der Waals surface area contributed by atoms with Gasteiger partial charge in [0.15, 0.2) is 5.82 Å². The number of pyridine rings is 1. The molecule has 1 unspecified atom stereocenters. The second-order valence-corrected chi connectivity index (χ2v) is 7.55. The van der Waals surface area contributed by atoms with Crippen LogP contribution in [0.5, 0.6) is 0 Å². The second-order valence-electron chi connectivity index (χ2n) is 7.55. The number of nitrogens with zero attached hydrogens (tertiary/aromatic N) is 4. The number of para-hydroxylation sites is 1. The summed E-state index contributed by atoms with van der Waals surface area (Å²) in [6.07, 6.45) is 5.08. The van der Waals surface area contributed by atoms with Crippen LogP contribution in [0.1, 0.15) is 30.1 Å². The van der Waals surface area contributed by atoms with Crippen LogP contribution in [0.25, 0.3) is 11.3 Å². The van der Waals surface area contributed by atoms with Gasteiger partial charge in [0.1, 0.15) is 0 Å². The van der Waals surface area contributed by atoms with Gasteiger partial charge >= 0.3 is 5.97 Å². The van der Waals surface area contributed by atoms with Gasteiger partial charge in [-0.2, -0.15) is 0 Å². The number of aromatic nitrogens is 3. The molecule has 1 atom stereocenters. The minimum absolute atomic E-state index is 0.118. The van der Waals surface area contributed by atoms with Crippen LogP contribution >= 0.6 is 0 Å². The van der Waals surface area contributed by atoms with Crippen LogP contribution in [-0.4, -0.2) is 46.8 Å². The number of amides is 1. The lowest BCUT2D eigenvalue weighted by Gasteiger charge is -2.32. The van der Waals surface area contributed by atoms with Gasteiger partial charge in [0.05, 0.1) is 29.5 Å². The molecular formula is C24H25N5O3. The van der Waals surface area contributed by atoms with E-state index in [0.717, 1.165) is 36.5 Å². The maximum Gasteiger partial charge on any atom is 0.340 e. The van der Waals surface area contributed by atoms with Gasteiger partial charge in [-0.3, -0.25) is 9.78 Å². The van der Waals surface area contributed by atoms with Crippen LogP contribution in [0.4, 0.5) is 11.5 Å². The highest BCUT2D eigenvalue weighted by atomic mass is 16.5. The van der Waals surface area contributed by atoms with Gasteiger partial charge in [-0.05, 0) is 56.2 Å². The summed E-state index contributed by atoms with van der Waals surface area (Å²) in [6.45, 7) is 3.38. The first-order chi connectivity index (χ1) is 15.7. The summed E-state index contributed by atoms with van der Waals surface area (Å²) >= 11 is 0. The molecule has 0 saturated carbocycles. The average Bonchev–Trinajstić information content (AvgIpc) is 2.85. The molecule has 2 aromatic heterocycles. The predicted octanol–water partition coefficient (Wildman–Crippen LogP) is 3.57. The summed E-state index contributed by atoms with van der Waals surface area (Å²) in [5, 5.41) is 11.6. The zero-order valence-corrected chi connectivity index (χ0v) is 17.9. The molecule has 8 nitrogen and oxygen atoms in total. The zero-order chi connectivity index (χ0) is 22.3. The monoisotopic (exact) mass is 431 g/mol. The van der Waals surface area contributed by atoms with Crippen molar-refractivity contribution in [1.82, 2.24) is 15.2 Å². The molecule has 1 aromatic carbocycles. The molecule has 0 radical (unpaired) electrons. The fourth-order valence-corrected chi connectivity index (χ4v) is 3.78. The molecule has 32 heavy (non-hydrogen) atoms. The third-order valence-electron chi connectivity index (χ3n) is 5.42. The number of hydrogen-bond acceptors (Lipinski definition) is 7. The summed E-state index contributed by atoms with van der Waals surface area (Å²) in [4.78, 5) is 31.3. The van der Waals surface area contributed by atoms with Gasteiger partial charge in [0, 0.05) is 31.0 Å². The van der Waals surface area contributed by atoms with E-state index < -0.39 is 5.97 Å². The Bertz CT molecular complexity index is 1070. The van der Waals surface area contributed by atoms with Gasteiger partial charge in [-0.25, -0.2) is 4.79 Å². The predicted molar refractivity (Wildman–Crippen MR) is 121 cm³/mol. The molecule has 3 heterocycles. The molecule has 0 aliphatic carbocycles. The fraction of sp³-hybridized carbons (Fsp3) is 0.292. The van der Waals surface area contributed by atoms with E-state index >= 15 is 0 Å². The van der Waals surface area contributed by atoms with Crippen molar-refractivity contribution in [3.8, 4) is 11.3 Å². The Hall–Kier alpha value is -3.81. The molecule has 8 heteroatoms. The topological polar surface area (TPSA) is 97.3 Å². The maximum absolute atomic E-state index is 13.0. The SMILES string of the molecule is CCOC(=O)c1ccccc1NC(=O)C1CCCN(c2ccc(-c3ccncc3)nn2)C1. The fourth-order valence-electron chi connectivity index (χ4n) is 3.78. The van der Waals surface area contributed by atoms with Crippen molar-refractivity contribution in [2.75, 3.05) is 29.9 Å². The molecule has 1 fully saturated rings. The van der Waals surface area contributed by atoms with Crippen LogP contribution in [0.15, 0.2) is 60.9 Å². The largest absolute Gasteiger partial charge is 0.462 e. The highest BCUT2D eigenvalue weighted by molar-refractivity contribution is 6.02. The number of hydrogen-bond donors (Lipinski definition) is 1. The number of esters is 1. The summed E-state index contributed by atoms with van der Waals surface area (Å²) in [6, 6.07) is 14.5. The van der Waals surface area contributed by atoms with Gasteiger partial charge in [0.25, 0.3) is 0 Å². The highest BCUT2D eigenvalue weighted by Gasteiger charge is 2.27. The normalized spacial score (nSPS) is 15.8. The minimum Gasteiger partial charge on any atom is -0.462 e. The van der Waals surface area contributed by atoms with E-state index in [2.05, 4.69) is 25.4 Å². The van der Waals surface area contributed by atoms with Gasteiger partial charge in [0.2, 0.25) is 5.91 Å². The Morgan fingerprint density at radius 3 is 2.66 bits per heavy atom. The lowest BCUT2D eigenvalue weighted by Crippen LogP contribution is -2.41. The first kappa shape index (κ1) is 21.4. The highest BCUT2D eigenvalue weighted by Crippen LogP contribution is 2.25. The van der Waals surface area contributed by atoms with Gasteiger partial charge in [-0.1, -0.05) is 12.1 Å². The van der Waals surface area contributed by atoms with Crippen LogP contribution < -0.4 is 10.2 Å². The maximum atomic E-state index is 13.0. The summed E-state index contributed by atoms with van der Waals surface area (Å²) in [7, 11) is 0. The number of nitrogens with one attached hydrogen (secondary N) is 1. The van der Waals surface area contributed by atoms with E-state index in [-0.39, 0.29) is 18.4 Å². The van der Waals surface area contributed by atoms with E-state index in [9.17, 15) is 9.59 Å². The molecule has 1 saturated heterocycles. The number of anilines is 2. The standard InChI is InChI=1S/C24H25N5O3/c1-2-32-24(31)19-7-3-4-8-21(19)26-23(30)18-6-5-15-29(16-18)22-10-9-20(27-28-22)17-11-13-25-14-12-17/h3-4,7-14,18H,2,5-6,15-16H2,1H3,(H,26,30). The molecule has 1 N–H and O–H groups in total. The Kier molecular flexibility index (Phi) is 6.69. The van der Waals surface area contributed by atoms with Crippen molar-refractivity contribution in [2.45, 2.75) is 19.8 Å². The van der Waals surface area contributed by atoms with Gasteiger partial charge < -0.3 is 15.0 Å². The van der Waals surface area contributed by atoms with E-state index in [4.69, 9.17) is 4.74 Å². The van der Waals surface area contributed by atoms with E-state index in [1.165, 1.54) is 0 Å². The number of carbonyl (C=O) groups is 2. The number of piperidine rings is 1. The molecule has 164 valence electrons. The molecule has 1 amide bonds. The van der Waals surface area contributed by atoms with E-state index in [1.807, 2.05) is 24.3 Å². The molecule has 3 aromatic rings. The van der Waals surface area contributed by atoms with E-state index in [0.29, 0.717) is 17.8 Å². The molecule has 0 spiro atoms. The van der Waals surface area contributed by atoms with Gasteiger partial charge in [-0.15, -0.1) is 10.2 Å². The van der Waals surface area contributed by atoms with Crippen LogP contribution in [0.2, 0.25) is 0 Å². The lowest BCUT2D eigenvalue weighted by atomic mass is 9.96. The molecule has 0 bridgehead atoms. The summed E-state index contributed by atoms with van der Waals surface area (Å²) < 4.78 is 5.09. The third kappa shape index (κ3) is 4.91. The van der Waals surface area contributed by atoms with Crippen LogP contribution in [0, 0.1) is 5.92 Å². The average molecular weight is 431 g/mol. The van der Waals surface area contributed by atoms with Crippen molar-refractivity contribution >= 4 is 23.4 Å². The molecular weight excluding hydrogens is 406 g/mol. The molecule has 4 rings (SSSR count). The van der Waals surface area contributed by atoms with Crippen molar-refractivity contribution in [3.05, 3.63) is 66.5 Å². The van der Waals surface area contributed by atoms with Crippen molar-refractivity contribution in [2.24, 2.45) is 5.92 Å². The Morgan fingerprint density at radius 2 is 1.91 bits per heavy atom. The number of carbonyl (C=O) groups excluding carboxylic acids is 2. The smallest absolute Gasteiger partial charge is 0.340 e. The Labute approximate surface area is 186 Å². The van der Waals surface area contributed by atoms with Crippen LogP contribution in [-0.2, 0) is 9.53 Å². The molecule has 1 aliphatic heterocycles. The summed E-state index contributed by atoms with van der Waals surface area (Å²) in [5.74, 6) is -0.0426. The Balaban J connectivity index is 1.43. The van der Waals surface area contributed by atoms with E-state index in [1.54, 1.807) is 43.6 Å². The first-order valence-corrected chi connectivity index (χ1v) is 10.7. The number of benzene rings is 1. The quantitative estimate of drug-likeness (QED) is 0.596. The number of ether oxygens (including phenoxy) is 1. The van der Waals surface area contributed by atoms with Crippen molar-refractivity contribution in [1.29, 1.82) is 0 Å². The third-order valence-corrected chi connectivity index (χ3v) is 5.42. The zero-order valence-electron chi connectivity index (χ0n) is 17.9. The summed E-state index contributed by atoms with van der Waals surface area (Å²) in [5.41, 5.74) is 2.55. The minimum atomic E-state index is -0.446. The van der Waals surface area contributed by atoms with Crippen molar-refractivity contribution in [3.63, 3.8) is 0 Å². The van der Waals surface area contributed by atoms with Crippen molar-refractivity contribution < 1.29 is 14.3 Å².